The number of sulfonamides is 1. The molecule has 0 amide bonds. The van der Waals surface area contributed by atoms with E-state index in [4.69, 9.17) is 0 Å². The van der Waals surface area contributed by atoms with Crippen molar-refractivity contribution in [3.8, 4) is 0 Å². The monoisotopic (exact) mass is 305 g/mol. The molecule has 0 aliphatic rings. The summed E-state index contributed by atoms with van der Waals surface area (Å²) >= 11 is 3.26. The maximum absolute atomic E-state index is 12.0. The van der Waals surface area contributed by atoms with Gasteiger partial charge in [-0.25, -0.2) is 13.1 Å². The van der Waals surface area contributed by atoms with Gasteiger partial charge in [0.2, 0.25) is 10.0 Å². The van der Waals surface area contributed by atoms with Crippen LogP contribution in [-0.4, -0.2) is 14.0 Å². The Bertz CT molecular complexity index is 469. The van der Waals surface area contributed by atoms with Crippen molar-refractivity contribution in [3.05, 3.63) is 28.7 Å². The van der Waals surface area contributed by atoms with Crippen LogP contribution in [0.1, 0.15) is 27.2 Å². The van der Waals surface area contributed by atoms with Crippen LogP contribution in [0.2, 0.25) is 0 Å². The molecule has 1 aromatic rings. The Labute approximate surface area is 105 Å². The van der Waals surface area contributed by atoms with E-state index < -0.39 is 15.6 Å². The molecule has 0 saturated carbocycles. The molecule has 0 heterocycles. The third kappa shape index (κ3) is 3.57. The molecule has 0 bridgehead atoms. The van der Waals surface area contributed by atoms with Crippen molar-refractivity contribution in [1.29, 1.82) is 0 Å². The molecule has 0 atom stereocenters. The second kappa shape index (κ2) is 4.85. The van der Waals surface area contributed by atoms with Gasteiger partial charge in [-0.05, 0) is 38.5 Å². The van der Waals surface area contributed by atoms with Gasteiger partial charge in [0.15, 0.2) is 0 Å². The van der Waals surface area contributed by atoms with E-state index in [0.717, 1.165) is 10.9 Å². The lowest BCUT2D eigenvalue weighted by molar-refractivity contribution is 0.439. The molecule has 0 unspecified atom stereocenters. The maximum Gasteiger partial charge on any atom is 0.241 e. The summed E-state index contributed by atoms with van der Waals surface area (Å²) in [5, 5.41) is 0. The van der Waals surface area contributed by atoms with E-state index in [9.17, 15) is 8.42 Å². The van der Waals surface area contributed by atoms with Crippen LogP contribution >= 0.6 is 15.9 Å². The van der Waals surface area contributed by atoms with Gasteiger partial charge in [-0.15, -0.1) is 0 Å². The van der Waals surface area contributed by atoms with Gasteiger partial charge in [-0.3, -0.25) is 0 Å². The summed E-state index contributed by atoms with van der Waals surface area (Å²) < 4.78 is 27.5. The molecule has 5 heteroatoms. The van der Waals surface area contributed by atoms with Crippen molar-refractivity contribution < 1.29 is 8.42 Å². The SMILES string of the molecule is CCC(C)(C)NS(=O)(=O)c1cccc(Br)c1. The van der Waals surface area contributed by atoms with Crippen LogP contribution in [0.4, 0.5) is 0 Å². The topological polar surface area (TPSA) is 46.2 Å². The molecule has 0 aliphatic heterocycles. The summed E-state index contributed by atoms with van der Waals surface area (Å²) in [6.45, 7) is 5.68. The quantitative estimate of drug-likeness (QED) is 0.929. The Balaban J connectivity index is 3.04. The number of rotatable bonds is 4. The highest BCUT2D eigenvalue weighted by molar-refractivity contribution is 9.10. The Morgan fingerprint density at radius 1 is 1.38 bits per heavy atom. The van der Waals surface area contributed by atoms with Crippen LogP contribution in [0.5, 0.6) is 0 Å². The summed E-state index contributed by atoms with van der Waals surface area (Å²) in [5.41, 5.74) is -0.429. The van der Waals surface area contributed by atoms with Gasteiger partial charge in [0.25, 0.3) is 0 Å². The zero-order valence-corrected chi connectivity index (χ0v) is 12.0. The number of hydrogen-bond donors (Lipinski definition) is 1. The summed E-state index contributed by atoms with van der Waals surface area (Å²) in [4.78, 5) is 0.281. The van der Waals surface area contributed by atoms with Gasteiger partial charge < -0.3 is 0 Å². The van der Waals surface area contributed by atoms with Crippen LogP contribution in [0.15, 0.2) is 33.6 Å². The minimum absolute atomic E-state index is 0.281. The van der Waals surface area contributed by atoms with Gasteiger partial charge in [0, 0.05) is 10.0 Å². The second-order valence-electron chi connectivity index (χ2n) is 4.30. The Morgan fingerprint density at radius 2 is 2.00 bits per heavy atom. The highest BCUT2D eigenvalue weighted by atomic mass is 79.9. The Kier molecular flexibility index (Phi) is 4.15. The fourth-order valence-electron chi connectivity index (χ4n) is 1.13. The highest BCUT2D eigenvalue weighted by Crippen LogP contribution is 2.18. The lowest BCUT2D eigenvalue weighted by atomic mass is 10.0. The normalized spacial score (nSPS) is 12.8. The van der Waals surface area contributed by atoms with E-state index in [2.05, 4.69) is 20.7 Å². The molecule has 0 saturated heterocycles. The lowest BCUT2D eigenvalue weighted by Gasteiger charge is -2.24. The molecular formula is C11H16BrNO2S. The maximum atomic E-state index is 12.0. The minimum atomic E-state index is -3.43. The minimum Gasteiger partial charge on any atom is -0.207 e. The van der Waals surface area contributed by atoms with Crippen LogP contribution in [0, 0.1) is 0 Å². The standard InChI is InChI=1S/C11H16BrNO2S/c1-4-11(2,3)13-16(14,15)10-7-5-6-9(12)8-10/h5-8,13H,4H2,1-3H3. The molecule has 90 valence electrons. The third-order valence-corrected chi connectivity index (χ3v) is 4.59. The largest absolute Gasteiger partial charge is 0.241 e. The Morgan fingerprint density at radius 3 is 2.50 bits per heavy atom. The van der Waals surface area contributed by atoms with E-state index in [0.29, 0.717) is 0 Å². The smallest absolute Gasteiger partial charge is 0.207 e. The molecular weight excluding hydrogens is 290 g/mol. The summed E-state index contributed by atoms with van der Waals surface area (Å²) in [5.74, 6) is 0. The zero-order valence-electron chi connectivity index (χ0n) is 9.62. The average molecular weight is 306 g/mol. The van der Waals surface area contributed by atoms with Gasteiger partial charge in [0.1, 0.15) is 0 Å². The van der Waals surface area contributed by atoms with Crippen molar-refractivity contribution in [2.24, 2.45) is 0 Å². The molecule has 1 aromatic carbocycles. The first kappa shape index (κ1) is 13.7. The van der Waals surface area contributed by atoms with E-state index >= 15 is 0 Å². The van der Waals surface area contributed by atoms with Gasteiger partial charge in [-0.2, -0.15) is 0 Å². The van der Waals surface area contributed by atoms with Crippen molar-refractivity contribution in [2.45, 2.75) is 37.6 Å². The van der Waals surface area contributed by atoms with E-state index in [-0.39, 0.29) is 4.90 Å². The van der Waals surface area contributed by atoms with Crippen molar-refractivity contribution in [1.82, 2.24) is 4.72 Å². The number of benzene rings is 1. The number of halogens is 1. The first-order valence-electron chi connectivity index (χ1n) is 5.06. The van der Waals surface area contributed by atoms with Crippen molar-refractivity contribution >= 4 is 26.0 Å². The molecule has 1 rings (SSSR count). The molecule has 1 N–H and O–H groups in total. The van der Waals surface area contributed by atoms with Gasteiger partial charge in [-0.1, -0.05) is 28.9 Å². The lowest BCUT2D eigenvalue weighted by Crippen LogP contribution is -2.42. The van der Waals surface area contributed by atoms with E-state index in [1.54, 1.807) is 24.3 Å². The van der Waals surface area contributed by atoms with Crippen LogP contribution in [0.3, 0.4) is 0 Å². The van der Waals surface area contributed by atoms with E-state index in [1.165, 1.54) is 0 Å². The fraction of sp³-hybridized carbons (Fsp3) is 0.455. The number of nitrogens with one attached hydrogen (secondary N) is 1. The first-order valence-corrected chi connectivity index (χ1v) is 7.34. The predicted molar refractivity (Wildman–Crippen MR) is 68.8 cm³/mol. The number of hydrogen-bond acceptors (Lipinski definition) is 2. The molecule has 16 heavy (non-hydrogen) atoms. The molecule has 0 radical (unpaired) electrons. The molecule has 0 fully saturated rings. The van der Waals surface area contributed by atoms with Gasteiger partial charge >= 0.3 is 0 Å². The highest BCUT2D eigenvalue weighted by Gasteiger charge is 2.24. The summed E-state index contributed by atoms with van der Waals surface area (Å²) in [6.07, 6.45) is 0.736. The van der Waals surface area contributed by atoms with Crippen LogP contribution in [-0.2, 0) is 10.0 Å². The first-order chi connectivity index (χ1) is 7.27. The summed E-state index contributed by atoms with van der Waals surface area (Å²) in [7, 11) is -3.43. The molecule has 0 aliphatic carbocycles. The van der Waals surface area contributed by atoms with Crippen LogP contribution in [0.25, 0.3) is 0 Å². The average Bonchev–Trinajstić information content (AvgIpc) is 2.16. The fourth-order valence-corrected chi connectivity index (χ4v) is 3.21. The van der Waals surface area contributed by atoms with Crippen LogP contribution < -0.4 is 4.72 Å². The Hall–Kier alpha value is -0.390. The second-order valence-corrected chi connectivity index (χ2v) is 6.90. The molecule has 0 aromatic heterocycles. The van der Waals surface area contributed by atoms with E-state index in [1.807, 2.05) is 20.8 Å². The van der Waals surface area contributed by atoms with Gasteiger partial charge in [0.05, 0.1) is 4.90 Å². The molecule has 0 spiro atoms. The predicted octanol–water partition coefficient (Wildman–Crippen LogP) is 2.92. The molecule has 3 nitrogen and oxygen atoms in total. The third-order valence-electron chi connectivity index (χ3n) is 2.40. The van der Waals surface area contributed by atoms with Crippen molar-refractivity contribution in [3.63, 3.8) is 0 Å². The summed E-state index contributed by atoms with van der Waals surface area (Å²) in [6, 6.07) is 6.68. The zero-order chi connectivity index (χ0) is 12.4. The van der Waals surface area contributed by atoms with Crippen molar-refractivity contribution in [2.75, 3.05) is 0 Å².